The van der Waals surface area contributed by atoms with E-state index in [4.69, 9.17) is 4.74 Å². The normalized spacial score (nSPS) is 13.5. The molecule has 2 aromatic rings. The van der Waals surface area contributed by atoms with Gasteiger partial charge in [-0.2, -0.15) is 0 Å². The average Bonchev–Trinajstić information content (AvgIpc) is 3.00. The van der Waals surface area contributed by atoms with Gasteiger partial charge in [0.15, 0.2) is 23.3 Å². The molecule has 26 heavy (non-hydrogen) atoms. The van der Waals surface area contributed by atoms with Crippen LogP contribution < -0.4 is 10.6 Å². The molecule has 1 aliphatic heterocycles. The van der Waals surface area contributed by atoms with Gasteiger partial charge in [0.2, 0.25) is 5.82 Å². The molecule has 0 amide bonds. The van der Waals surface area contributed by atoms with Crippen molar-refractivity contribution in [1.29, 1.82) is 0 Å². The number of anilines is 2. The molecule has 2 heterocycles. The second kappa shape index (κ2) is 7.20. The first-order valence-electron chi connectivity index (χ1n) is 7.67. The van der Waals surface area contributed by atoms with Gasteiger partial charge < -0.3 is 15.4 Å². The lowest BCUT2D eigenvalue weighted by Gasteiger charge is -2.14. The number of benzene rings is 1. The third-order valence-electron chi connectivity index (χ3n) is 3.86. The van der Waals surface area contributed by atoms with Crippen molar-refractivity contribution in [1.82, 2.24) is 5.32 Å². The fraction of sp³-hybridized carbons (Fsp3) is 0.312. The summed E-state index contributed by atoms with van der Waals surface area (Å²) in [5.41, 5.74) is -0.519. The van der Waals surface area contributed by atoms with E-state index in [1.54, 1.807) is 6.92 Å². The van der Waals surface area contributed by atoms with E-state index in [2.05, 4.69) is 10.6 Å². The molecule has 140 valence electrons. The van der Waals surface area contributed by atoms with Gasteiger partial charge in [-0.3, -0.25) is 0 Å². The van der Waals surface area contributed by atoms with Crippen LogP contribution in [0.15, 0.2) is 0 Å². The SMILES string of the molecule is CCOC(=O)c1c(Nc2c(F)c(F)c(F)c(F)c2F)sc2c1CCNC2. The van der Waals surface area contributed by atoms with Crippen molar-refractivity contribution in [2.75, 3.05) is 18.5 Å². The summed E-state index contributed by atoms with van der Waals surface area (Å²) < 4.78 is 72.9. The lowest BCUT2D eigenvalue weighted by Crippen LogP contribution is -2.23. The quantitative estimate of drug-likeness (QED) is 0.357. The highest BCUT2D eigenvalue weighted by atomic mass is 32.1. The lowest BCUT2D eigenvalue weighted by atomic mass is 10.0. The van der Waals surface area contributed by atoms with Gasteiger partial charge in [-0.15, -0.1) is 11.3 Å². The van der Waals surface area contributed by atoms with Gasteiger partial charge in [0.1, 0.15) is 10.7 Å². The Kier molecular flexibility index (Phi) is 5.15. The van der Waals surface area contributed by atoms with E-state index in [0.717, 1.165) is 16.2 Å². The summed E-state index contributed by atoms with van der Waals surface area (Å²) in [5, 5.41) is 5.26. The maximum Gasteiger partial charge on any atom is 0.341 e. The van der Waals surface area contributed by atoms with Crippen LogP contribution in [0.25, 0.3) is 0 Å². The van der Waals surface area contributed by atoms with Gasteiger partial charge >= 0.3 is 5.97 Å². The summed E-state index contributed by atoms with van der Waals surface area (Å²) in [4.78, 5) is 13.0. The number of ether oxygens (including phenoxy) is 1. The number of nitrogens with one attached hydrogen (secondary N) is 2. The Morgan fingerprint density at radius 2 is 1.73 bits per heavy atom. The molecule has 0 radical (unpaired) electrons. The topological polar surface area (TPSA) is 50.4 Å². The third-order valence-corrected chi connectivity index (χ3v) is 5.00. The summed E-state index contributed by atoms with van der Waals surface area (Å²) in [6, 6.07) is 0. The molecule has 0 saturated carbocycles. The van der Waals surface area contributed by atoms with Crippen LogP contribution in [-0.2, 0) is 17.7 Å². The predicted octanol–water partition coefficient (Wildman–Crippen LogP) is 4.01. The molecule has 0 unspecified atom stereocenters. The molecule has 0 aliphatic carbocycles. The van der Waals surface area contributed by atoms with E-state index in [1.165, 1.54) is 0 Å². The first-order chi connectivity index (χ1) is 12.4. The highest BCUT2D eigenvalue weighted by Crippen LogP contribution is 2.39. The van der Waals surface area contributed by atoms with Crippen molar-refractivity contribution >= 4 is 28.0 Å². The zero-order valence-electron chi connectivity index (χ0n) is 13.4. The summed E-state index contributed by atoms with van der Waals surface area (Å²) in [6.07, 6.45) is 0.471. The number of rotatable bonds is 4. The summed E-state index contributed by atoms with van der Waals surface area (Å²) >= 11 is 0.998. The molecule has 3 rings (SSSR count). The average molecular weight is 392 g/mol. The van der Waals surface area contributed by atoms with Gasteiger partial charge in [0.25, 0.3) is 0 Å². The number of hydrogen-bond acceptors (Lipinski definition) is 5. The van der Waals surface area contributed by atoms with Crippen LogP contribution in [-0.4, -0.2) is 19.1 Å². The standard InChI is InChI=1S/C16H13F5N2O2S/c1-2-25-16(24)8-6-3-4-22-5-7(6)26-15(8)23-14-12(20)10(18)9(17)11(19)13(14)21/h22-23H,2-5H2,1H3. The lowest BCUT2D eigenvalue weighted by molar-refractivity contribution is 0.0526. The van der Waals surface area contributed by atoms with Crippen LogP contribution in [0.3, 0.4) is 0 Å². The molecular weight excluding hydrogens is 379 g/mol. The zero-order valence-corrected chi connectivity index (χ0v) is 14.3. The fourth-order valence-electron chi connectivity index (χ4n) is 2.67. The highest BCUT2D eigenvalue weighted by molar-refractivity contribution is 7.16. The van der Waals surface area contributed by atoms with E-state index in [-0.39, 0.29) is 17.2 Å². The molecule has 0 atom stereocenters. The maximum absolute atomic E-state index is 13.9. The van der Waals surface area contributed by atoms with E-state index in [0.29, 0.717) is 25.1 Å². The Bertz CT molecular complexity index is 855. The second-order valence-electron chi connectivity index (χ2n) is 5.43. The predicted molar refractivity (Wildman–Crippen MR) is 85.2 cm³/mol. The number of halogens is 5. The molecule has 10 heteroatoms. The zero-order chi connectivity index (χ0) is 19.0. The fourth-order valence-corrected chi connectivity index (χ4v) is 3.88. The molecule has 1 aliphatic rings. The maximum atomic E-state index is 13.9. The van der Waals surface area contributed by atoms with E-state index in [9.17, 15) is 26.7 Å². The second-order valence-corrected chi connectivity index (χ2v) is 6.53. The Morgan fingerprint density at radius 3 is 2.35 bits per heavy atom. The summed E-state index contributed by atoms with van der Waals surface area (Å²) in [7, 11) is 0. The largest absolute Gasteiger partial charge is 0.462 e. The number of fused-ring (bicyclic) bond motifs is 1. The van der Waals surface area contributed by atoms with Crippen LogP contribution in [0.5, 0.6) is 0 Å². The van der Waals surface area contributed by atoms with Gasteiger partial charge in [0, 0.05) is 11.4 Å². The number of hydrogen-bond donors (Lipinski definition) is 2. The molecule has 0 bridgehead atoms. The highest BCUT2D eigenvalue weighted by Gasteiger charge is 2.30. The van der Waals surface area contributed by atoms with Gasteiger partial charge in [-0.05, 0) is 25.5 Å². The summed E-state index contributed by atoms with van der Waals surface area (Å²) in [5.74, 6) is -11.1. The Labute approximate surface area is 149 Å². The van der Waals surface area contributed by atoms with Crippen molar-refractivity contribution in [2.45, 2.75) is 19.9 Å². The molecule has 1 aromatic carbocycles. The Hall–Kier alpha value is -2.20. The smallest absolute Gasteiger partial charge is 0.341 e. The minimum atomic E-state index is -2.24. The summed E-state index contributed by atoms with van der Waals surface area (Å²) in [6.45, 7) is 2.67. The molecule has 1 aromatic heterocycles. The van der Waals surface area contributed by atoms with Crippen LogP contribution >= 0.6 is 11.3 Å². The Balaban J connectivity index is 2.12. The van der Waals surface area contributed by atoms with Crippen molar-refractivity contribution in [3.63, 3.8) is 0 Å². The van der Waals surface area contributed by atoms with E-state index >= 15 is 0 Å². The van der Waals surface area contributed by atoms with Crippen LogP contribution in [0, 0.1) is 29.1 Å². The van der Waals surface area contributed by atoms with Crippen molar-refractivity contribution in [2.24, 2.45) is 0 Å². The van der Waals surface area contributed by atoms with E-state index in [1.807, 2.05) is 0 Å². The first-order valence-corrected chi connectivity index (χ1v) is 8.49. The van der Waals surface area contributed by atoms with Gasteiger partial charge in [0.05, 0.1) is 12.2 Å². The van der Waals surface area contributed by atoms with Gasteiger partial charge in [-0.25, -0.2) is 26.7 Å². The van der Waals surface area contributed by atoms with Crippen molar-refractivity contribution < 1.29 is 31.5 Å². The number of esters is 1. The molecule has 0 fully saturated rings. The minimum absolute atomic E-state index is 0.0274. The molecule has 4 nitrogen and oxygen atoms in total. The monoisotopic (exact) mass is 392 g/mol. The van der Waals surface area contributed by atoms with Gasteiger partial charge in [-0.1, -0.05) is 0 Å². The van der Waals surface area contributed by atoms with Crippen LogP contribution in [0.4, 0.5) is 32.6 Å². The van der Waals surface area contributed by atoms with Crippen molar-refractivity contribution in [3.8, 4) is 0 Å². The Morgan fingerprint density at radius 1 is 1.12 bits per heavy atom. The van der Waals surface area contributed by atoms with Crippen LogP contribution in [0.2, 0.25) is 0 Å². The number of carbonyl (C=O) groups is 1. The van der Waals surface area contributed by atoms with Crippen molar-refractivity contribution in [3.05, 3.63) is 45.1 Å². The first kappa shape index (κ1) is 18.6. The molecule has 0 saturated heterocycles. The van der Waals surface area contributed by atoms with E-state index < -0.39 is 40.7 Å². The molecule has 0 spiro atoms. The molecular formula is C16H13F5N2O2S. The number of thiophene rings is 1. The van der Waals surface area contributed by atoms with Crippen LogP contribution in [0.1, 0.15) is 27.7 Å². The minimum Gasteiger partial charge on any atom is -0.462 e. The molecule has 2 N–H and O–H groups in total. The third kappa shape index (κ3) is 3.03. The number of carbonyl (C=O) groups excluding carboxylic acids is 1.